The van der Waals surface area contributed by atoms with E-state index in [9.17, 15) is 9.18 Å². The maximum Gasteiger partial charge on any atom is 0.241 e. The molecule has 1 aliphatic heterocycles. The Bertz CT molecular complexity index is 515. The molecule has 0 spiro atoms. The van der Waals surface area contributed by atoms with E-state index >= 15 is 0 Å². The molecule has 128 valence electrons. The predicted octanol–water partition coefficient (Wildman–Crippen LogP) is 2.12. The van der Waals surface area contributed by atoms with E-state index in [1.807, 2.05) is 11.8 Å². The first-order chi connectivity index (χ1) is 10.7. The second-order valence-corrected chi connectivity index (χ2v) is 5.26. The summed E-state index contributed by atoms with van der Waals surface area (Å²) >= 11 is 0. The van der Waals surface area contributed by atoms with Gasteiger partial charge in [-0.1, -0.05) is 12.1 Å². The molecule has 0 atom stereocenters. The first-order valence-corrected chi connectivity index (χ1v) is 7.73. The van der Waals surface area contributed by atoms with Crippen LogP contribution in [0.25, 0.3) is 0 Å². The van der Waals surface area contributed by atoms with Gasteiger partial charge in [0, 0.05) is 19.6 Å². The van der Waals surface area contributed by atoms with Crippen molar-refractivity contribution in [1.82, 2.24) is 15.5 Å². The van der Waals surface area contributed by atoms with Crippen LogP contribution >= 0.6 is 24.0 Å². The van der Waals surface area contributed by atoms with Gasteiger partial charge in [0.15, 0.2) is 5.96 Å². The fourth-order valence-corrected chi connectivity index (χ4v) is 2.34. The van der Waals surface area contributed by atoms with Gasteiger partial charge >= 0.3 is 0 Å². The summed E-state index contributed by atoms with van der Waals surface area (Å²) in [5.41, 5.74) is 0.921. The molecule has 0 aliphatic carbocycles. The Morgan fingerprint density at radius 3 is 2.48 bits per heavy atom. The van der Waals surface area contributed by atoms with E-state index in [0.29, 0.717) is 19.0 Å². The largest absolute Gasteiger partial charge is 0.357 e. The average Bonchev–Trinajstić information content (AvgIpc) is 3.06. The number of nitrogens with zero attached hydrogens (tertiary/aromatic N) is 2. The van der Waals surface area contributed by atoms with E-state index in [1.165, 1.54) is 12.1 Å². The van der Waals surface area contributed by atoms with Crippen molar-refractivity contribution >= 4 is 35.8 Å². The predicted molar refractivity (Wildman–Crippen MR) is 100 cm³/mol. The minimum absolute atomic E-state index is 0. The molecule has 0 bridgehead atoms. The highest BCUT2D eigenvalue weighted by Crippen LogP contribution is 2.07. The molecule has 2 rings (SSSR count). The number of hydrogen-bond donors (Lipinski definition) is 2. The maximum atomic E-state index is 12.9. The van der Waals surface area contributed by atoms with Crippen molar-refractivity contribution < 1.29 is 9.18 Å². The molecule has 0 aromatic heterocycles. The number of guanidine groups is 1. The average molecular weight is 434 g/mol. The molecule has 0 radical (unpaired) electrons. The van der Waals surface area contributed by atoms with E-state index in [1.54, 1.807) is 12.1 Å². The van der Waals surface area contributed by atoms with Crippen LogP contribution in [-0.2, 0) is 11.3 Å². The standard InChI is InChI=1S/C16H23FN4O.HI/c1-2-18-16(19-11-13-5-7-14(17)8-6-13)20-12-15(22)21-9-3-4-10-21;/h5-8H,2-4,9-12H2,1H3,(H2,18,19,20);1H. The number of aliphatic imine (C=N–C) groups is 1. The van der Waals surface area contributed by atoms with Gasteiger partial charge in [0.25, 0.3) is 0 Å². The van der Waals surface area contributed by atoms with Gasteiger partial charge in [-0.05, 0) is 37.5 Å². The van der Waals surface area contributed by atoms with Crippen LogP contribution in [0, 0.1) is 5.82 Å². The summed E-state index contributed by atoms with van der Waals surface area (Å²) in [6.07, 6.45) is 2.18. The number of halogens is 2. The molecular weight excluding hydrogens is 410 g/mol. The third-order valence-electron chi connectivity index (χ3n) is 3.54. The summed E-state index contributed by atoms with van der Waals surface area (Å²) in [5.74, 6) is 0.443. The van der Waals surface area contributed by atoms with Crippen LogP contribution in [0.2, 0.25) is 0 Å². The fourth-order valence-electron chi connectivity index (χ4n) is 2.34. The SMILES string of the molecule is CCNC(=NCc1ccc(F)cc1)NCC(=O)N1CCCC1.I. The number of nitrogens with one attached hydrogen (secondary N) is 2. The Labute approximate surface area is 153 Å². The van der Waals surface area contributed by atoms with Gasteiger partial charge in [-0.25, -0.2) is 9.38 Å². The molecule has 5 nitrogen and oxygen atoms in total. The lowest BCUT2D eigenvalue weighted by molar-refractivity contribution is -0.128. The second-order valence-electron chi connectivity index (χ2n) is 5.26. The number of rotatable bonds is 5. The molecule has 1 aliphatic rings. The van der Waals surface area contributed by atoms with Crippen LogP contribution in [0.1, 0.15) is 25.3 Å². The van der Waals surface area contributed by atoms with Gasteiger partial charge in [-0.3, -0.25) is 4.79 Å². The lowest BCUT2D eigenvalue weighted by Crippen LogP contribution is -2.44. The van der Waals surface area contributed by atoms with E-state index in [-0.39, 0.29) is 42.2 Å². The van der Waals surface area contributed by atoms with Crippen molar-refractivity contribution in [3.8, 4) is 0 Å². The molecular formula is C16H24FIN4O. The molecule has 0 saturated carbocycles. The van der Waals surface area contributed by atoms with E-state index in [0.717, 1.165) is 31.5 Å². The number of benzene rings is 1. The van der Waals surface area contributed by atoms with E-state index < -0.39 is 0 Å². The zero-order valence-corrected chi connectivity index (χ0v) is 15.7. The fraction of sp³-hybridized carbons (Fsp3) is 0.500. The molecule has 1 heterocycles. The van der Waals surface area contributed by atoms with Crippen LogP contribution in [0.4, 0.5) is 4.39 Å². The molecule has 1 aromatic rings. The van der Waals surface area contributed by atoms with Gasteiger partial charge in [-0.15, -0.1) is 24.0 Å². The third kappa shape index (κ3) is 6.72. The minimum atomic E-state index is -0.256. The lowest BCUT2D eigenvalue weighted by Gasteiger charge is -2.17. The Kier molecular flexibility index (Phi) is 8.90. The first kappa shape index (κ1) is 19.7. The lowest BCUT2D eigenvalue weighted by atomic mass is 10.2. The Hall–Kier alpha value is -1.38. The van der Waals surface area contributed by atoms with Crippen LogP contribution in [0.3, 0.4) is 0 Å². The van der Waals surface area contributed by atoms with Crippen molar-refractivity contribution in [2.45, 2.75) is 26.3 Å². The Morgan fingerprint density at radius 1 is 1.22 bits per heavy atom. The number of carbonyl (C=O) groups is 1. The zero-order chi connectivity index (χ0) is 15.8. The summed E-state index contributed by atoms with van der Waals surface area (Å²) in [6.45, 7) is 5.07. The third-order valence-corrected chi connectivity index (χ3v) is 3.54. The molecule has 1 fully saturated rings. The number of carbonyl (C=O) groups excluding carboxylic acids is 1. The zero-order valence-electron chi connectivity index (χ0n) is 13.3. The molecule has 1 amide bonds. The summed E-state index contributed by atoms with van der Waals surface area (Å²) in [6, 6.07) is 6.25. The Balaban J connectivity index is 0.00000264. The monoisotopic (exact) mass is 434 g/mol. The summed E-state index contributed by atoms with van der Waals surface area (Å²) in [4.78, 5) is 18.3. The van der Waals surface area contributed by atoms with Gasteiger partial charge in [0.2, 0.25) is 5.91 Å². The topological polar surface area (TPSA) is 56.7 Å². The number of likely N-dealkylation sites (tertiary alicyclic amines) is 1. The van der Waals surface area contributed by atoms with Crippen LogP contribution in [0.15, 0.2) is 29.3 Å². The summed E-state index contributed by atoms with van der Waals surface area (Å²) in [7, 11) is 0. The van der Waals surface area contributed by atoms with Crippen molar-refractivity contribution in [3.63, 3.8) is 0 Å². The van der Waals surface area contributed by atoms with Crippen molar-refractivity contribution in [2.75, 3.05) is 26.2 Å². The first-order valence-electron chi connectivity index (χ1n) is 7.73. The van der Waals surface area contributed by atoms with Crippen molar-refractivity contribution in [3.05, 3.63) is 35.6 Å². The molecule has 2 N–H and O–H groups in total. The number of hydrogen-bond acceptors (Lipinski definition) is 2. The maximum absolute atomic E-state index is 12.9. The highest BCUT2D eigenvalue weighted by molar-refractivity contribution is 14.0. The van der Waals surface area contributed by atoms with E-state index in [4.69, 9.17) is 0 Å². The molecule has 7 heteroatoms. The van der Waals surface area contributed by atoms with Gasteiger partial charge in [-0.2, -0.15) is 0 Å². The smallest absolute Gasteiger partial charge is 0.241 e. The highest BCUT2D eigenvalue weighted by Gasteiger charge is 2.17. The highest BCUT2D eigenvalue weighted by atomic mass is 127. The normalized spacial score (nSPS) is 14.3. The number of amides is 1. The van der Waals surface area contributed by atoms with Gasteiger partial charge < -0.3 is 15.5 Å². The molecule has 1 aromatic carbocycles. The molecule has 0 unspecified atom stereocenters. The second kappa shape index (κ2) is 10.4. The summed E-state index contributed by atoms with van der Waals surface area (Å²) in [5, 5.41) is 6.16. The van der Waals surface area contributed by atoms with Gasteiger partial charge in [0.1, 0.15) is 5.82 Å². The van der Waals surface area contributed by atoms with Crippen molar-refractivity contribution in [2.24, 2.45) is 4.99 Å². The van der Waals surface area contributed by atoms with Gasteiger partial charge in [0.05, 0.1) is 13.1 Å². The molecule has 1 saturated heterocycles. The van der Waals surface area contributed by atoms with Crippen molar-refractivity contribution in [1.29, 1.82) is 0 Å². The summed E-state index contributed by atoms with van der Waals surface area (Å²) < 4.78 is 12.9. The minimum Gasteiger partial charge on any atom is -0.357 e. The van der Waals surface area contributed by atoms with Crippen LogP contribution in [0.5, 0.6) is 0 Å². The van der Waals surface area contributed by atoms with E-state index in [2.05, 4.69) is 15.6 Å². The molecule has 23 heavy (non-hydrogen) atoms. The quantitative estimate of drug-likeness (QED) is 0.424. The van der Waals surface area contributed by atoms with Crippen LogP contribution in [-0.4, -0.2) is 42.9 Å². The Morgan fingerprint density at radius 2 is 1.87 bits per heavy atom. The van der Waals surface area contributed by atoms with Crippen LogP contribution < -0.4 is 10.6 Å².